The van der Waals surface area contributed by atoms with Crippen LogP contribution in [-0.2, 0) is 16.9 Å². The minimum absolute atomic E-state index is 0.196. The summed E-state index contributed by atoms with van der Waals surface area (Å²) in [6.07, 6.45) is 0. The van der Waals surface area contributed by atoms with Crippen LogP contribution in [0.4, 0.5) is 4.79 Å². The molecule has 1 aliphatic rings. The van der Waals surface area contributed by atoms with Crippen molar-refractivity contribution in [1.82, 2.24) is 10.2 Å². The van der Waals surface area contributed by atoms with Gasteiger partial charge >= 0.3 is 6.03 Å². The van der Waals surface area contributed by atoms with Crippen LogP contribution in [0.1, 0.15) is 18.1 Å². The van der Waals surface area contributed by atoms with Gasteiger partial charge in [-0.05, 0) is 42.3 Å². The number of methoxy groups -OCH3 is 1. The van der Waals surface area contributed by atoms with Crippen molar-refractivity contribution in [3.63, 3.8) is 0 Å². The van der Waals surface area contributed by atoms with Gasteiger partial charge in [0.15, 0.2) is 0 Å². The molecule has 5 nitrogen and oxygen atoms in total. The van der Waals surface area contributed by atoms with Crippen molar-refractivity contribution in [3.05, 3.63) is 64.7 Å². The third kappa shape index (κ3) is 2.83. The third-order valence-corrected chi connectivity index (χ3v) is 4.43. The van der Waals surface area contributed by atoms with Gasteiger partial charge in [0.2, 0.25) is 0 Å². The number of nitrogens with zero attached hydrogens (tertiary/aromatic N) is 1. The van der Waals surface area contributed by atoms with E-state index in [9.17, 15) is 9.59 Å². The molecule has 1 aliphatic heterocycles. The van der Waals surface area contributed by atoms with Gasteiger partial charge in [0.1, 0.15) is 11.3 Å². The van der Waals surface area contributed by atoms with E-state index in [1.54, 1.807) is 62.6 Å². The number of imide groups is 1. The molecule has 0 unspecified atom stereocenters. The first kappa shape index (κ1) is 16.3. The smallest absolute Gasteiger partial charge is 0.325 e. The zero-order valence-corrected chi connectivity index (χ0v) is 14.1. The van der Waals surface area contributed by atoms with Gasteiger partial charge in [-0.2, -0.15) is 0 Å². The number of nitrogens with one attached hydrogen (secondary N) is 1. The first-order chi connectivity index (χ1) is 11.4. The quantitative estimate of drug-likeness (QED) is 0.866. The lowest BCUT2D eigenvalue weighted by Crippen LogP contribution is -2.40. The average Bonchev–Trinajstić information content (AvgIpc) is 2.81. The number of urea groups is 1. The van der Waals surface area contributed by atoms with Crippen molar-refractivity contribution in [2.45, 2.75) is 19.0 Å². The van der Waals surface area contributed by atoms with Crippen LogP contribution in [-0.4, -0.2) is 23.9 Å². The summed E-state index contributed by atoms with van der Waals surface area (Å²) in [7, 11) is 1.56. The SMILES string of the molecule is COc1cccc([C@]2(C)NC(=O)N(Cc3ccc(Cl)cc3)C2=O)c1. The molecule has 6 heteroatoms. The van der Waals surface area contributed by atoms with Crippen molar-refractivity contribution in [2.24, 2.45) is 0 Å². The van der Waals surface area contributed by atoms with Gasteiger partial charge in [0.25, 0.3) is 5.91 Å². The van der Waals surface area contributed by atoms with E-state index in [-0.39, 0.29) is 12.5 Å². The van der Waals surface area contributed by atoms with Crippen LogP contribution in [0.3, 0.4) is 0 Å². The summed E-state index contributed by atoms with van der Waals surface area (Å²) >= 11 is 5.87. The number of hydrogen-bond acceptors (Lipinski definition) is 3. The lowest BCUT2D eigenvalue weighted by atomic mass is 9.92. The summed E-state index contributed by atoms with van der Waals surface area (Å²) in [6, 6.07) is 13.8. The fourth-order valence-electron chi connectivity index (χ4n) is 2.74. The number of carbonyl (C=O) groups excluding carboxylic acids is 2. The number of carbonyl (C=O) groups is 2. The Labute approximate surface area is 145 Å². The van der Waals surface area contributed by atoms with E-state index in [2.05, 4.69) is 5.32 Å². The molecule has 3 rings (SSSR count). The molecule has 0 radical (unpaired) electrons. The summed E-state index contributed by atoms with van der Waals surface area (Å²) in [6.45, 7) is 1.89. The molecule has 1 fully saturated rings. The Kier molecular flexibility index (Phi) is 4.20. The normalized spacial score (nSPS) is 20.2. The molecule has 24 heavy (non-hydrogen) atoms. The summed E-state index contributed by atoms with van der Waals surface area (Å²) < 4.78 is 5.21. The number of halogens is 1. The molecular weight excluding hydrogens is 328 g/mol. The lowest BCUT2D eigenvalue weighted by Gasteiger charge is -2.22. The first-order valence-electron chi connectivity index (χ1n) is 7.47. The molecule has 124 valence electrons. The maximum atomic E-state index is 12.9. The Balaban J connectivity index is 1.88. The highest BCUT2D eigenvalue weighted by atomic mass is 35.5. The number of hydrogen-bond donors (Lipinski definition) is 1. The van der Waals surface area contributed by atoms with Crippen LogP contribution in [0.25, 0.3) is 0 Å². The highest BCUT2D eigenvalue weighted by Crippen LogP contribution is 2.31. The second-order valence-electron chi connectivity index (χ2n) is 5.80. The Hall–Kier alpha value is -2.53. The van der Waals surface area contributed by atoms with Crippen LogP contribution in [0, 0.1) is 0 Å². The molecule has 3 amide bonds. The fraction of sp³-hybridized carbons (Fsp3) is 0.222. The van der Waals surface area contributed by atoms with E-state index in [1.807, 2.05) is 0 Å². The number of amides is 3. The van der Waals surface area contributed by atoms with Crippen LogP contribution in [0.5, 0.6) is 5.75 Å². The maximum Gasteiger partial charge on any atom is 0.325 e. The molecule has 1 atom stereocenters. The predicted molar refractivity (Wildman–Crippen MR) is 90.9 cm³/mol. The van der Waals surface area contributed by atoms with E-state index in [0.717, 1.165) is 5.56 Å². The van der Waals surface area contributed by atoms with Crippen molar-refractivity contribution < 1.29 is 14.3 Å². The highest BCUT2D eigenvalue weighted by molar-refractivity contribution is 6.30. The molecule has 0 aliphatic carbocycles. The zero-order valence-electron chi connectivity index (χ0n) is 13.4. The molecule has 2 aromatic carbocycles. The third-order valence-electron chi connectivity index (χ3n) is 4.18. The standard InChI is InChI=1S/C18H17ClN2O3/c1-18(13-4-3-5-15(10-13)24-2)16(22)21(17(23)20-18)11-12-6-8-14(19)9-7-12/h3-10H,11H2,1-2H3,(H,20,23)/t18-/m0/s1. The first-order valence-corrected chi connectivity index (χ1v) is 7.85. The minimum Gasteiger partial charge on any atom is -0.497 e. The second kappa shape index (κ2) is 6.17. The molecule has 2 aromatic rings. The van der Waals surface area contributed by atoms with Crippen LogP contribution in [0.15, 0.2) is 48.5 Å². The van der Waals surface area contributed by atoms with Crippen molar-refractivity contribution >= 4 is 23.5 Å². The van der Waals surface area contributed by atoms with Crippen LogP contribution in [0.2, 0.25) is 5.02 Å². The van der Waals surface area contributed by atoms with Gasteiger partial charge in [-0.15, -0.1) is 0 Å². The molecule has 1 N–H and O–H groups in total. The molecule has 1 saturated heterocycles. The Morgan fingerprint density at radius 3 is 2.54 bits per heavy atom. The molecule has 0 saturated carbocycles. The monoisotopic (exact) mass is 344 g/mol. The van der Waals surface area contributed by atoms with E-state index in [1.165, 1.54) is 4.90 Å². The highest BCUT2D eigenvalue weighted by Gasteiger charge is 2.48. The number of rotatable bonds is 4. The van der Waals surface area contributed by atoms with E-state index in [0.29, 0.717) is 16.3 Å². The predicted octanol–water partition coefficient (Wildman–Crippen LogP) is 3.32. The molecule has 1 heterocycles. The average molecular weight is 345 g/mol. The molecule has 0 spiro atoms. The summed E-state index contributed by atoms with van der Waals surface area (Å²) in [5.74, 6) is 0.336. The summed E-state index contributed by atoms with van der Waals surface area (Å²) in [5, 5.41) is 3.39. The Morgan fingerprint density at radius 1 is 1.17 bits per heavy atom. The molecule has 0 aromatic heterocycles. The van der Waals surface area contributed by atoms with Gasteiger partial charge in [0, 0.05) is 5.02 Å². The second-order valence-corrected chi connectivity index (χ2v) is 6.24. The van der Waals surface area contributed by atoms with E-state index >= 15 is 0 Å². The van der Waals surface area contributed by atoms with E-state index in [4.69, 9.17) is 16.3 Å². The van der Waals surface area contributed by atoms with Gasteiger partial charge in [-0.25, -0.2) is 4.79 Å². The van der Waals surface area contributed by atoms with Gasteiger partial charge < -0.3 is 10.1 Å². The van der Waals surface area contributed by atoms with Crippen LogP contribution < -0.4 is 10.1 Å². The fourth-order valence-corrected chi connectivity index (χ4v) is 2.87. The molecule has 0 bridgehead atoms. The number of ether oxygens (including phenoxy) is 1. The van der Waals surface area contributed by atoms with Crippen molar-refractivity contribution in [2.75, 3.05) is 7.11 Å². The largest absolute Gasteiger partial charge is 0.497 e. The van der Waals surface area contributed by atoms with E-state index < -0.39 is 11.6 Å². The van der Waals surface area contributed by atoms with Gasteiger partial charge in [-0.1, -0.05) is 35.9 Å². The topological polar surface area (TPSA) is 58.6 Å². The van der Waals surface area contributed by atoms with Crippen molar-refractivity contribution in [1.29, 1.82) is 0 Å². The maximum absolute atomic E-state index is 12.9. The Bertz CT molecular complexity index is 791. The Morgan fingerprint density at radius 2 is 1.88 bits per heavy atom. The zero-order chi connectivity index (χ0) is 17.3. The van der Waals surface area contributed by atoms with Gasteiger partial charge in [0.05, 0.1) is 13.7 Å². The lowest BCUT2D eigenvalue weighted by molar-refractivity contribution is -0.131. The summed E-state index contributed by atoms with van der Waals surface area (Å²) in [4.78, 5) is 26.4. The summed E-state index contributed by atoms with van der Waals surface area (Å²) in [5.41, 5.74) is 0.398. The van der Waals surface area contributed by atoms with Crippen LogP contribution >= 0.6 is 11.6 Å². The minimum atomic E-state index is -1.11. The number of benzene rings is 2. The van der Waals surface area contributed by atoms with Crippen molar-refractivity contribution in [3.8, 4) is 5.75 Å². The molecular formula is C18H17ClN2O3. The van der Waals surface area contributed by atoms with Gasteiger partial charge in [-0.3, -0.25) is 9.69 Å².